The fourth-order valence-electron chi connectivity index (χ4n) is 3.19. The molecular formula is C20H25FN4O2. The third kappa shape index (κ3) is 5.09. The van der Waals surface area contributed by atoms with Crippen molar-refractivity contribution in [3.8, 4) is 0 Å². The number of aryl methyl sites for hydroxylation is 1. The molecule has 1 aromatic carbocycles. The molecule has 27 heavy (non-hydrogen) atoms. The Morgan fingerprint density at radius 3 is 2.63 bits per heavy atom. The molecule has 0 aliphatic carbocycles. The van der Waals surface area contributed by atoms with Crippen LogP contribution < -0.4 is 5.32 Å². The average molecular weight is 372 g/mol. The molecule has 0 saturated carbocycles. The molecule has 0 radical (unpaired) electrons. The summed E-state index contributed by atoms with van der Waals surface area (Å²) in [6.07, 6.45) is 3.21. The summed E-state index contributed by atoms with van der Waals surface area (Å²) in [6, 6.07) is 10.1. The smallest absolute Gasteiger partial charge is 0.289 e. The molecule has 3 rings (SSSR count). The number of furan rings is 1. The first kappa shape index (κ1) is 18.9. The van der Waals surface area contributed by atoms with Gasteiger partial charge in [0.1, 0.15) is 5.82 Å². The van der Waals surface area contributed by atoms with E-state index in [1.54, 1.807) is 36.2 Å². The van der Waals surface area contributed by atoms with Crippen LogP contribution in [0.1, 0.15) is 22.5 Å². The first-order valence-electron chi connectivity index (χ1n) is 9.20. The Hall–Kier alpha value is -2.83. The lowest BCUT2D eigenvalue weighted by atomic mass is 10.1. The van der Waals surface area contributed by atoms with E-state index < -0.39 is 0 Å². The second-order valence-electron chi connectivity index (χ2n) is 6.46. The first-order valence-corrected chi connectivity index (χ1v) is 9.20. The topological polar surface area (TPSA) is 61.1 Å². The molecule has 2 aromatic rings. The molecule has 7 heteroatoms. The van der Waals surface area contributed by atoms with Gasteiger partial charge in [-0.1, -0.05) is 12.1 Å². The molecule has 144 valence electrons. The van der Waals surface area contributed by atoms with Crippen molar-refractivity contribution in [3.05, 3.63) is 59.8 Å². The Morgan fingerprint density at radius 2 is 1.96 bits per heavy atom. The van der Waals surface area contributed by atoms with Gasteiger partial charge in [0.15, 0.2) is 11.7 Å². The number of hydrogen-bond acceptors (Lipinski definition) is 3. The Kier molecular flexibility index (Phi) is 6.46. The van der Waals surface area contributed by atoms with E-state index in [4.69, 9.17) is 4.42 Å². The highest BCUT2D eigenvalue weighted by Crippen LogP contribution is 2.10. The fraction of sp³-hybridized carbons (Fsp3) is 0.400. The summed E-state index contributed by atoms with van der Waals surface area (Å²) in [5, 5.41) is 3.36. The largest absolute Gasteiger partial charge is 0.459 e. The van der Waals surface area contributed by atoms with Crippen molar-refractivity contribution in [1.29, 1.82) is 0 Å². The molecule has 6 nitrogen and oxygen atoms in total. The zero-order chi connectivity index (χ0) is 19.1. The predicted octanol–water partition coefficient (Wildman–Crippen LogP) is 2.38. The van der Waals surface area contributed by atoms with Crippen LogP contribution in [0.3, 0.4) is 0 Å². The number of hydrogen-bond donors (Lipinski definition) is 1. The van der Waals surface area contributed by atoms with Gasteiger partial charge in [-0.25, -0.2) is 4.39 Å². The van der Waals surface area contributed by atoms with Gasteiger partial charge in [-0.15, -0.1) is 0 Å². The fourth-order valence-corrected chi connectivity index (χ4v) is 3.19. The van der Waals surface area contributed by atoms with Crippen molar-refractivity contribution in [3.63, 3.8) is 0 Å². The Labute approximate surface area is 158 Å². The van der Waals surface area contributed by atoms with E-state index in [0.29, 0.717) is 18.8 Å². The number of nitrogens with zero attached hydrogens (tertiary/aromatic N) is 3. The van der Waals surface area contributed by atoms with Gasteiger partial charge in [-0.3, -0.25) is 9.79 Å². The number of piperazine rings is 1. The third-order valence-corrected chi connectivity index (χ3v) is 4.62. The summed E-state index contributed by atoms with van der Waals surface area (Å²) < 4.78 is 18.4. The standard InChI is InChI=1S/C20H25FN4O2/c1-22-20(23-9-3-6-16-5-2-7-17(21)15-16)25-12-10-24(11-13-25)19(26)18-8-4-14-27-18/h2,4-5,7-8,14-15H,3,6,9-13H2,1H3,(H,22,23). The van der Waals surface area contributed by atoms with Crippen molar-refractivity contribution in [2.24, 2.45) is 4.99 Å². The molecule has 0 atom stereocenters. The Bertz CT molecular complexity index is 768. The summed E-state index contributed by atoms with van der Waals surface area (Å²) in [7, 11) is 1.76. The Morgan fingerprint density at radius 1 is 1.19 bits per heavy atom. The lowest BCUT2D eigenvalue weighted by Crippen LogP contribution is -2.53. The number of aliphatic imine (C=N–C) groups is 1. The number of benzene rings is 1. The minimum Gasteiger partial charge on any atom is -0.459 e. The van der Waals surface area contributed by atoms with Crippen LogP contribution in [0.4, 0.5) is 4.39 Å². The second-order valence-corrected chi connectivity index (χ2v) is 6.46. The molecule has 0 spiro atoms. The third-order valence-electron chi connectivity index (χ3n) is 4.62. The van der Waals surface area contributed by atoms with Gasteiger partial charge >= 0.3 is 0 Å². The van der Waals surface area contributed by atoms with E-state index in [1.807, 2.05) is 6.07 Å². The Balaban J connectivity index is 1.42. The van der Waals surface area contributed by atoms with Crippen LogP contribution in [0.25, 0.3) is 0 Å². The number of rotatable bonds is 5. The van der Waals surface area contributed by atoms with E-state index in [1.165, 1.54) is 12.3 Å². The molecular weight excluding hydrogens is 347 g/mol. The molecule has 0 bridgehead atoms. The average Bonchev–Trinajstić information content (AvgIpc) is 3.23. The molecule has 1 aromatic heterocycles. The molecule has 1 fully saturated rings. The van der Waals surface area contributed by atoms with Gasteiger partial charge in [0.25, 0.3) is 5.91 Å². The van der Waals surface area contributed by atoms with Crippen molar-refractivity contribution >= 4 is 11.9 Å². The zero-order valence-corrected chi connectivity index (χ0v) is 15.5. The molecule has 1 saturated heterocycles. The molecule has 1 amide bonds. The van der Waals surface area contributed by atoms with Gasteiger partial charge in [0.2, 0.25) is 0 Å². The minimum atomic E-state index is -0.196. The maximum absolute atomic E-state index is 13.2. The number of nitrogens with one attached hydrogen (secondary N) is 1. The van der Waals surface area contributed by atoms with E-state index in [-0.39, 0.29) is 11.7 Å². The molecule has 1 aliphatic heterocycles. The first-order chi connectivity index (χ1) is 13.2. The van der Waals surface area contributed by atoms with E-state index >= 15 is 0 Å². The van der Waals surface area contributed by atoms with Crippen LogP contribution in [-0.2, 0) is 6.42 Å². The summed E-state index contributed by atoms with van der Waals surface area (Å²) in [5.74, 6) is 0.943. The van der Waals surface area contributed by atoms with Crippen LogP contribution in [0.2, 0.25) is 0 Å². The van der Waals surface area contributed by atoms with Crippen molar-refractivity contribution in [2.75, 3.05) is 39.8 Å². The van der Waals surface area contributed by atoms with Gasteiger partial charge in [0.05, 0.1) is 6.26 Å². The van der Waals surface area contributed by atoms with E-state index in [2.05, 4.69) is 15.2 Å². The highest BCUT2D eigenvalue weighted by atomic mass is 19.1. The van der Waals surface area contributed by atoms with Crippen LogP contribution in [-0.4, -0.2) is 61.4 Å². The summed E-state index contributed by atoms with van der Waals surface area (Å²) in [6.45, 7) is 3.45. The summed E-state index contributed by atoms with van der Waals surface area (Å²) in [5.41, 5.74) is 0.997. The van der Waals surface area contributed by atoms with Crippen LogP contribution >= 0.6 is 0 Å². The maximum Gasteiger partial charge on any atom is 0.289 e. The van der Waals surface area contributed by atoms with Crippen LogP contribution in [0.15, 0.2) is 52.1 Å². The van der Waals surface area contributed by atoms with Crippen LogP contribution in [0, 0.1) is 5.82 Å². The summed E-state index contributed by atoms with van der Waals surface area (Å²) >= 11 is 0. The molecule has 2 heterocycles. The minimum absolute atomic E-state index is 0.0716. The lowest BCUT2D eigenvalue weighted by Gasteiger charge is -2.36. The van der Waals surface area contributed by atoms with Crippen LogP contribution in [0.5, 0.6) is 0 Å². The van der Waals surface area contributed by atoms with E-state index in [0.717, 1.165) is 44.0 Å². The van der Waals surface area contributed by atoms with Gasteiger partial charge in [-0.2, -0.15) is 0 Å². The highest BCUT2D eigenvalue weighted by molar-refractivity contribution is 5.91. The van der Waals surface area contributed by atoms with E-state index in [9.17, 15) is 9.18 Å². The number of carbonyl (C=O) groups is 1. The number of guanidine groups is 1. The maximum atomic E-state index is 13.2. The number of carbonyl (C=O) groups excluding carboxylic acids is 1. The van der Waals surface area contributed by atoms with Gasteiger partial charge in [-0.05, 0) is 42.7 Å². The quantitative estimate of drug-likeness (QED) is 0.497. The molecule has 1 N–H and O–H groups in total. The molecule has 1 aliphatic rings. The second kappa shape index (κ2) is 9.21. The SMILES string of the molecule is CN=C(NCCCc1cccc(F)c1)N1CCN(C(=O)c2ccco2)CC1. The van der Waals surface area contributed by atoms with Gasteiger partial charge < -0.3 is 19.5 Å². The summed E-state index contributed by atoms with van der Waals surface area (Å²) in [4.78, 5) is 20.6. The van der Waals surface area contributed by atoms with Crippen molar-refractivity contribution in [2.45, 2.75) is 12.8 Å². The normalized spacial score (nSPS) is 15.1. The van der Waals surface area contributed by atoms with Crippen molar-refractivity contribution in [1.82, 2.24) is 15.1 Å². The van der Waals surface area contributed by atoms with Crippen molar-refractivity contribution < 1.29 is 13.6 Å². The van der Waals surface area contributed by atoms with Gasteiger partial charge in [0, 0.05) is 39.8 Å². The predicted molar refractivity (Wildman–Crippen MR) is 102 cm³/mol. The zero-order valence-electron chi connectivity index (χ0n) is 15.5. The highest BCUT2D eigenvalue weighted by Gasteiger charge is 2.24. The number of halogens is 1. The molecule has 0 unspecified atom stereocenters. The lowest BCUT2D eigenvalue weighted by molar-refractivity contribution is 0.0658. The monoisotopic (exact) mass is 372 g/mol. The number of amides is 1.